The van der Waals surface area contributed by atoms with Gasteiger partial charge in [0.2, 0.25) is 5.91 Å². The fourth-order valence-corrected chi connectivity index (χ4v) is 3.65. The Bertz CT molecular complexity index is 972. The SMILES string of the molecule is CCCN(CC(=O)Nc1nc(-c2ccccc2)cs1)C(=O)c1ccccc1OC. The fraction of sp³-hybridized carbons (Fsp3) is 0.227. The van der Waals surface area contributed by atoms with E-state index in [9.17, 15) is 9.59 Å². The second-order valence-corrected chi connectivity index (χ2v) is 7.24. The molecule has 7 heteroatoms. The van der Waals surface area contributed by atoms with Crippen LogP contribution in [0.25, 0.3) is 11.3 Å². The second-order valence-electron chi connectivity index (χ2n) is 6.38. The first-order valence-electron chi connectivity index (χ1n) is 9.35. The lowest BCUT2D eigenvalue weighted by Gasteiger charge is -2.22. The van der Waals surface area contributed by atoms with E-state index in [1.54, 1.807) is 24.3 Å². The van der Waals surface area contributed by atoms with Crippen LogP contribution in [-0.2, 0) is 4.79 Å². The molecule has 0 radical (unpaired) electrons. The van der Waals surface area contributed by atoms with Gasteiger partial charge in [-0.2, -0.15) is 0 Å². The van der Waals surface area contributed by atoms with Crippen LogP contribution in [0.5, 0.6) is 5.75 Å². The number of benzene rings is 2. The van der Waals surface area contributed by atoms with Gasteiger partial charge in [-0.25, -0.2) is 4.98 Å². The van der Waals surface area contributed by atoms with Crippen molar-refractivity contribution in [1.82, 2.24) is 9.88 Å². The first-order valence-corrected chi connectivity index (χ1v) is 10.2. The number of thiazole rings is 1. The highest BCUT2D eigenvalue weighted by atomic mass is 32.1. The van der Waals surface area contributed by atoms with Crippen molar-refractivity contribution in [1.29, 1.82) is 0 Å². The largest absolute Gasteiger partial charge is 0.496 e. The van der Waals surface area contributed by atoms with Gasteiger partial charge in [0, 0.05) is 17.5 Å². The molecule has 0 spiro atoms. The molecule has 0 aliphatic carbocycles. The van der Waals surface area contributed by atoms with Crippen molar-refractivity contribution in [2.75, 3.05) is 25.5 Å². The number of amides is 2. The number of aromatic nitrogens is 1. The molecule has 0 aliphatic heterocycles. The van der Waals surface area contributed by atoms with Gasteiger partial charge in [-0.3, -0.25) is 9.59 Å². The predicted molar refractivity (Wildman–Crippen MR) is 115 cm³/mol. The number of carbonyl (C=O) groups is 2. The molecule has 0 fully saturated rings. The number of rotatable bonds is 8. The molecule has 2 aromatic carbocycles. The maximum absolute atomic E-state index is 12.9. The quantitative estimate of drug-likeness (QED) is 0.602. The summed E-state index contributed by atoms with van der Waals surface area (Å²) in [7, 11) is 1.52. The number of para-hydroxylation sites is 1. The zero-order chi connectivity index (χ0) is 20.6. The van der Waals surface area contributed by atoms with Gasteiger partial charge in [-0.1, -0.05) is 49.4 Å². The standard InChI is InChI=1S/C22H23N3O3S/c1-3-13-25(21(27)17-11-7-8-12-19(17)28-2)14-20(26)24-22-23-18(15-29-22)16-9-5-4-6-10-16/h4-12,15H,3,13-14H2,1-2H3,(H,23,24,26). The van der Waals surface area contributed by atoms with Crippen molar-refractivity contribution in [3.8, 4) is 17.0 Å². The van der Waals surface area contributed by atoms with E-state index >= 15 is 0 Å². The lowest BCUT2D eigenvalue weighted by atomic mass is 10.1. The molecule has 3 aromatic rings. The first-order chi connectivity index (χ1) is 14.1. The van der Waals surface area contributed by atoms with Gasteiger partial charge in [0.15, 0.2) is 5.13 Å². The molecule has 0 saturated carbocycles. The van der Waals surface area contributed by atoms with E-state index in [-0.39, 0.29) is 18.4 Å². The molecule has 3 rings (SSSR count). The average Bonchev–Trinajstić information content (AvgIpc) is 3.22. The third kappa shape index (κ3) is 5.20. The van der Waals surface area contributed by atoms with Crippen LogP contribution in [0, 0.1) is 0 Å². The van der Waals surface area contributed by atoms with Gasteiger partial charge < -0.3 is 15.0 Å². The highest BCUT2D eigenvalue weighted by Gasteiger charge is 2.21. The number of carbonyl (C=O) groups excluding carboxylic acids is 2. The maximum Gasteiger partial charge on any atom is 0.258 e. The summed E-state index contributed by atoms with van der Waals surface area (Å²) < 4.78 is 5.28. The highest BCUT2D eigenvalue weighted by molar-refractivity contribution is 7.14. The summed E-state index contributed by atoms with van der Waals surface area (Å²) >= 11 is 1.36. The Kier molecular flexibility index (Phi) is 6.97. The Balaban J connectivity index is 1.68. The van der Waals surface area contributed by atoms with Gasteiger partial charge in [0.05, 0.1) is 18.4 Å². The molecule has 0 saturated heterocycles. The zero-order valence-electron chi connectivity index (χ0n) is 16.4. The predicted octanol–water partition coefficient (Wildman–Crippen LogP) is 4.31. The number of anilines is 1. The lowest BCUT2D eigenvalue weighted by Crippen LogP contribution is -2.38. The average molecular weight is 410 g/mol. The van der Waals surface area contributed by atoms with E-state index in [0.29, 0.717) is 23.0 Å². The van der Waals surface area contributed by atoms with E-state index in [0.717, 1.165) is 17.7 Å². The molecule has 1 heterocycles. The minimum Gasteiger partial charge on any atom is -0.496 e. The summed E-state index contributed by atoms with van der Waals surface area (Å²) in [5, 5.41) is 5.21. The van der Waals surface area contributed by atoms with Crippen molar-refractivity contribution in [3.05, 3.63) is 65.5 Å². The van der Waals surface area contributed by atoms with E-state index in [1.165, 1.54) is 23.3 Å². The van der Waals surface area contributed by atoms with E-state index in [1.807, 2.05) is 42.6 Å². The van der Waals surface area contributed by atoms with Crippen LogP contribution in [0.15, 0.2) is 60.0 Å². The molecule has 1 aromatic heterocycles. The molecule has 29 heavy (non-hydrogen) atoms. The smallest absolute Gasteiger partial charge is 0.258 e. The van der Waals surface area contributed by atoms with Crippen LogP contribution in [0.3, 0.4) is 0 Å². The number of ether oxygens (including phenoxy) is 1. The number of hydrogen-bond donors (Lipinski definition) is 1. The van der Waals surface area contributed by atoms with Crippen molar-refractivity contribution < 1.29 is 14.3 Å². The van der Waals surface area contributed by atoms with Crippen molar-refractivity contribution >= 4 is 28.3 Å². The minimum atomic E-state index is -0.282. The fourth-order valence-electron chi connectivity index (χ4n) is 2.92. The molecule has 0 bridgehead atoms. The van der Waals surface area contributed by atoms with Crippen molar-refractivity contribution in [3.63, 3.8) is 0 Å². The van der Waals surface area contributed by atoms with Crippen LogP contribution in [0.4, 0.5) is 5.13 Å². The summed E-state index contributed by atoms with van der Waals surface area (Å²) in [6, 6.07) is 16.8. The molecule has 2 amide bonds. The number of nitrogens with one attached hydrogen (secondary N) is 1. The third-order valence-electron chi connectivity index (χ3n) is 4.27. The number of methoxy groups -OCH3 is 1. The van der Waals surface area contributed by atoms with E-state index in [2.05, 4.69) is 10.3 Å². The molecule has 150 valence electrons. The van der Waals surface area contributed by atoms with Gasteiger partial charge >= 0.3 is 0 Å². The number of nitrogens with zero attached hydrogens (tertiary/aromatic N) is 2. The van der Waals surface area contributed by atoms with Gasteiger partial charge in [-0.05, 0) is 18.6 Å². The Morgan fingerprint density at radius 1 is 1.10 bits per heavy atom. The third-order valence-corrected chi connectivity index (χ3v) is 5.03. The van der Waals surface area contributed by atoms with Crippen LogP contribution < -0.4 is 10.1 Å². The van der Waals surface area contributed by atoms with Crippen LogP contribution in [0.2, 0.25) is 0 Å². The second kappa shape index (κ2) is 9.84. The maximum atomic E-state index is 12.9. The van der Waals surface area contributed by atoms with Gasteiger partial charge in [-0.15, -0.1) is 11.3 Å². The summed E-state index contributed by atoms with van der Waals surface area (Å²) in [4.78, 5) is 31.5. The topological polar surface area (TPSA) is 71.5 Å². The zero-order valence-corrected chi connectivity index (χ0v) is 17.2. The van der Waals surface area contributed by atoms with Crippen LogP contribution >= 0.6 is 11.3 Å². The molecular formula is C22H23N3O3S. The van der Waals surface area contributed by atoms with Crippen molar-refractivity contribution in [2.24, 2.45) is 0 Å². The molecule has 0 aliphatic rings. The van der Waals surface area contributed by atoms with Crippen LogP contribution in [0.1, 0.15) is 23.7 Å². The Labute approximate surface area is 174 Å². The first kappa shape index (κ1) is 20.5. The summed E-state index contributed by atoms with van der Waals surface area (Å²) in [6.07, 6.45) is 0.740. The summed E-state index contributed by atoms with van der Waals surface area (Å²) in [5.74, 6) is -0.0225. The summed E-state index contributed by atoms with van der Waals surface area (Å²) in [5.41, 5.74) is 2.24. The Hall–Kier alpha value is -3.19. The van der Waals surface area contributed by atoms with Gasteiger partial charge in [0.1, 0.15) is 12.3 Å². The van der Waals surface area contributed by atoms with Crippen LogP contribution in [-0.4, -0.2) is 41.9 Å². The molecule has 1 N–H and O–H groups in total. The molecule has 6 nitrogen and oxygen atoms in total. The molecule has 0 atom stereocenters. The number of hydrogen-bond acceptors (Lipinski definition) is 5. The summed E-state index contributed by atoms with van der Waals surface area (Å²) in [6.45, 7) is 2.38. The highest BCUT2D eigenvalue weighted by Crippen LogP contribution is 2.25. The Morgan fingerprint density at radius 2 is 1.83 bits per heavy atom. The van der Waals surface area contributed by atoms with E-state index in [4.69, 9.17) is 4.74 Å². The molecule has 0 unspecified atom stereocenters. The monoisotopic (exact) mass is 409 g/mol. The van der Waals surface area contributed by atoms with Gasteiger partial charge in [0.25, 0.3) is 5.91 Å². The minimum absolute atomic E-state index is 0.0506. The lowest BCUT2D eigenvalue weighted by molar-refractivity contribution is -0.116. The van der Waals surface area contributed by atoms with Crippen molar-refractivity contribution in [2.45, 2.75) is 13.3 Å². The normalized spacial score (nSPS) is 10.4. The Morgan fingerprint density at radius 3 is 2.55 bits per heavy atom. The van der Waals surface area contributed by atoms with E-state index < -0.39 is 0 Å². The molecular weight excluding hydrogens is 386 g/mol.